The molecule has 0 aliphatic carbocycles. The minimum absolute atomic E-state index is 0. The Kier molecular flexibility index (Phi) is 6.15. The lowest BCUT2D eigenvalue weighted by Gasteiger charge is -2.29. The normalized spacial score (nSPS) is 17.0. The molecule has 2 rings (SSSR count). The molecule has 1 fully saturated rings. The van der Waals surface area contributed by atoms with Gasteiger partial charge in [0.25, 0.3) is 0 Å². The molecule has 1 saturated heterocycles. The van der Waals surface area contributed by atoms with Crippen molar-refractivity contribution in [3.05, 3.63) is 29.8 Å². The van der Waals surface area contributed by atoms with Crippen molar-refractivity contribution < 1.29 is 17.9 Å². The van der Waals surface area contributed by atoms with Crippen LogP contribution in [0.1, 0.15) is 23.2 Å². The number of carbonyl (C=O) groups is 1. The Morgan fingerprint density at radius 2 is 1.86 bits per heavy atom. The van der Waals surface area contributed by atoms with E-state index in [1.165, 1.54) is 23.5 Å². The Morgan fingerprint density at radius 3 is 2.43 bits per heavy atom. The first-order valence-corrected chi connectivity index (χ1v) is 7.84. The number of benzene rings is 1. The van der Waals surface area contributed by atoms with Crippen LogP contribution in [0.3, 0.4) is 0 Å². The molecule has 0 radical (unpaired) electrons. The lowest BCUT2D eigenvalue weighted by Crippen LogP contribution is -2.43. The molecule has 8 heteroatoms. The average molecular weight is 335 g/mol. The molecule has 2 N–H and O–H groups in total. The van der Waals surface area contributed by atoms with Crippen LogP contribution in [-0.4, -0.2) is 44.9 Å². The Bertz CT molecular complexity index is 598. The molecule has 0 amide bonds. The lowest BCUT2D eigenvalue weighted by molar-refractivity contribution is 0.0596. The molecule has 1 aliphatic rings. The summed E-state index contributed by atoms with van der Waals surface area (Å²) in [4.78, 5) is 11.7. The number of carbonyl (C=O) groups excluding carboxylic acids is 1. The highest BCUT2D eigenvalue weighted by Crippen LogP contribution is 2.23. The van der Waals surface area contributed by atoms with E-state index in [1.807, 2.05) is 0 Å². The van der Waals surface area contributed by atoms with Crippen LogP contribution in [-0.2, 0) is 14.8 Å². The van der Waals surface area contributed by atoms with Gasteiger partial charge in [-0.1, -0.05) is 12.1 Å². The predicted molar refractivity (Wildman–Crippen MR) is 81.0 cm³/mol. The number of hydrogen-bond donors (Lipinski definition) is 1. The van der Waals surface area contributed by atoms with Crippen LogP contribution >= 0.6 is 12.4 Å². The third kappa shape index (κ3) is 3.74. The molecule has 1 aliphatic heterocycles. The molecular formula is C13H19ClN2O4S. The second kappa shape index (κ2) is 7.22. The summed E-state index contributed by atoms with van der Waals surface area (Å²) >= 11 is 0. The second-order valence-electron chi connectivity index (χ2n) is 4.73. The number of sulfonamides is 1. The summed E-state index contributed by atoms with van der Waals surface area (Å²) in [5.41, 5.74) is 5.84. The molecule has 0 atom stereocenters. The number of esters is 1. The molecule has 0 aromatic heterocycles. The zero-order chi connectivity index (χ0) is 14.8. The van der Waals surface area contributed by atoms with Crippen LogP contribution in [0.5, 0.6) is 0 Å². The van der Waals surface area contributed by atoms with Gasteiger partial charge in [-0.2, -0.15) is 4.31 Å². The fourth-order valence-corrected chi connectivity index (χ4v) is 3.87. The number of hydrogen-bond acceptors (Lipinski definition) is 5. The standard InChI is InChI=1S/C13H18N2O4S.ClH/c1-19-13(16)11-4-2-3-5-12(11)20(17,18)15-8-6-10(14)7-9-15;/h2-5,10H,6-9,14H2,1H3;1H. The summed E-state index contributed by atoms with van der Waals surface area (Å²) in [6.07, 6.45) is 1.25. The van der Waals surface area contributed by atoms with Crippen molar-refractivity contribution in [2.24, 2.45) is 5.73 Å². The van der Waals surface area contributed by atoms with E-state index in [4.69, 9.17) is 5.73 Å². The number of nitrogens with zero attached hydrogens (tertiary/aromatic N) is 1. The van der Waals surface area contributed by atoms with Gasteiger partial charge in [0.1, 0.15) is 0 Å². The van der Waals surface area contributed by atoms with Crippen molar-refractivity contribution in [2.45, 2.75) is 23.8 Å². The zero-order valence-corrected chi connectivity index (χ0v) is 13.3. The number of methoxy groups -OCH3 is 1. The van der Waals surface area contributed by atoms with Crippen molar-refractivity contribution in [3.8, 4) is 0 Å². The molecular weight excluding hydrogens is 316 g/mol. The molecule has 0 saturated carbocycles. The van der Waals surface area contributed by atoms with Crippen molar-refractivity contribution in [3.63, 3.8) is 0 Å². The minimum atomic E-state index is -3.69. The van der Waals surface area contributed by atoms with Crippen molar-refractivity contribution in [2.75, 3.05) is 20.2 Å². The first-order chi connectivity index (χ1) is 9.46. The number of ether oxygens (including phenoxy) is 1. The van der Waals surface area contributed by atoms with E-state index in [1.54, 1.807) is 12.1 Å². The summed E-state index contributed by atoms with van der Waals surface area (Å²) in [5, 5.41) is 0. The highest BCUT2D eigenvalue weighted by atomic mass is 35.5. The molecule has 1 heterocycles. The van der Waals surface area contributed by atoms with Crippen LogP contribution in [0.15, 0.2) is 29.2 Å². The van der Waals surface area contributed by atoms with Crippen LogP contribution in [0.25, 0.3) is 0 Å². The predicted octanol–water partition coefficient (Wildman–Crippen LogP) is 1.01. The number of halogens is 1. The zero-order valence-electron chi connectivity index (χ0n) is 11.7. The smallest absolute Gasteiger partial charge is 0.339 e. The number of nitrogens with two attached hydrogens (primary N) is 1. The van der Waals surface area contributed by atoms with E-state index in [-0.39, 0.29) is 28.9 Å². The van der Waals surface area contributed by atoms with E-state index in [2.05, 4.69) is 4.74 Å². The van der Waals surface area contributed by atoms with Crippen molar-refractivity contribution >= 4 is 28.4 Å². The average Bonchev–Trinajstić information content (AvgIpc) is 2.47. The third-order valence-corrected chi connectivity index (χ3v) is 5.37. The quantitative estimate of drug-likeness (QED) is 0.833. The Morgan fingerprint density at radius 1 is 1.29 bits per heavy atom. The number of rotatable bonds is 3. The molecule has 0 bridgehead atoms. The van der Waals surface area contributed by atoms with Crippen LogP contribution in [0, 0.1) is 0 Å². The maximum absolute atomic E-state index is 12.6. The Hall–Kier alpha value is -1.15. The van der Waals surface area contributed by atoms with Gasteiger partial charge in [-0.05, 0) is 25.0 Å². The van der Waals surface area contributed by atoms with Gasteiger partial charge in [-0.15, -0.1) is 12.4 Å². The summed E-state index contributed by atoms with van der Waals surface area (Å²) in [5.74, 6) is -0.655. The topological polar surface area (TPSA) is 89.7 Å². The van der Waals surface area contributed by atoms with E-state index < -0.39 is 16.0 Å². The molecule has 0 spiro atoms. The summed E-state index contributed by atoms with van der Waals surface area (Å²) in [6.45, 7) is 0.748. The van der Waals surface area contributed by atoms with Gasteiger partial charge < -0.3 is 10.5 Å². The SMILES string of the molecule is COC(=O)c1ccccc1S(=O)(=O)N1CCC(N)CC1.Cl. The van der Waals surface area contributed by atoms with E-state index in [9.17, 15) is 13.2 Å². The lowest BCUT2D eigenvalue weighted by atomic mass is 10.1. The molecule has 6 nitrogen and oxygen atoms in total. The molecule has 118 valence electrons. The van der Waals surface area contributed by atoms with Crippen LogP contribution < -0.4 is 5.73 Å². The summed E-state index contributed by atoms with van der Waals surface area (Å²) in [6, 6.07) is 6.12. The van der Waals surface area contributed by atoms with Gasteiger partial charge in [0.15, 0.2) is 0 Å². The van der Waals surface area contributed by atoms with Gasteiger partial charge in [-0.25, -0.2) is 13.2 Å². The highest BCUT2D eigenvalue weighted by molar-refractivity contribution is 7.89. The third-order valence-electron chi connectivity index (χ3n) is 3.41. The number of piperidine rings is 1. The highest BCUT2D eigenvalue weighted by Gasteiger charge is 2.31. The Balaban J connectivity index is 0.00000220. The monoisotopic (exact) mass is 334 g/mol. The van der Waals surface area contributed by atoms with Crippen LogP contribution in [0.2, 0.25) is 0 Å². The molecule has 21 heavy (non-hydrogen) atoms. The fourth-order valence-electron chi connectivity index (χ4n) is 2.23. The largest absolute Gasteiger partial charge is 0.465 e. The van der Waals surface area contributed by atoms with E-state index in [0.29, 0.717) is 25.9 Å². The van der Waals surface area contributed by atoms with E-state index >= 15 is 0 Å². The summed E-state index contributed by atoms with van der Waals surface area (Å²) in [7, 11) is -2.47. The molecule has 0 unspecified atom stereocenters. The molecule has 1 aromatic carbocycles. The van der Waals surface area contributed by atoms with Crippen molar-refractivity contribution in [1.82, 2.24) is 4.31 Å². The minimum Gasteiger partial charge on any atom is -0.465 e. The maximum Gasteiger partial charge on any atom is 0.339 e. The fraction of sp³-hybridized carbons (Fsp3) is 0.462. The second-order valence-corrected chi connectivity index (χ2v) is 6.64. The van der Waals surface area contributed by atoms with Crippen LogP contribution in [0.4, 0.5) is 0 Å². The molecule has 1 aromatic rings. The van der Waals surface area contributed by atoms with Crippen molar-refractivity contribution in [1.29, 1.82) is 0 Å². The van der Waals surface area contributed by atoms with Gasteiger partial charge in [0.05, 0.1) is 17.6 Å². The Labute approximate surface area is 130 Å². The summed E-state index contributed by atoms with van der Waals surface area (Å²) < 4.78 is 31.2. The van der Waals surface area contributed by atoms with E-state index in [0.717, 1.165) is 0 Å². The van der Waals surface area contributed by atoms with Gasteiger partial charge in [-0.3, -0.25) is 0 Å². The van der Waals surface area contributed by atoms with Gasteiger partial charge in [0.2, 0.25) is 10.0 Å². The maximum atomic E-state index is 12.6. The first kappa shape index (κ1) is 17.9. The van der Waals surface area contributed by atoms with Gasteiger partial charge >= 0.3 is 5.97 Å². The van der Waals surface area contributed by atoms with Gasteiger partial charge in [0, 0.05) is 19.1 Å². The first-order valence-electron chi connectivity index (χ1n) is 6.40.